The largest absolute Gasteiger partial charge is 0.454 e. The number of benzene rings is 1. The van der Waals surface area contributed by atoms with E-state index < -0.39 is 6.10 Å². The maximum Gasteiger partial charge on any atom is 0.249 e. The highest BCUT2D eigenvalue weighted by molar-refractivity contribution is 5.81. The summed E-state index contributed by atoms with van der Waals surface area (Å²) in [6.07, 6.45) is 1.17. The molecule has 2 aliphatic rings. The zero-order chi connectivity index (χ0) is 14.8. The maximum absolute atomic E-state index is 12.2. The smallest absolute Gasteiger partial charge is 0.249 e. The Morgan fingerprint density at radius 2 is 2.19 bits per heavy atom. The second-order valence-electron chi connectivity index (χ2n) is 5.40. The van der Waals surface area contributed by atoms with E-state index in [0.29, 0.717) is 12.3 Å². The Morgan fingerprint density at radius 3 is 2.95 bits per heavy atom. The highest BCUT2D eigenvalue weighted by atomic mass is 16.7. The highest BCUT2D eigenvalue weighted by Gasteiger charge is 2.30. The number of ether oxygens (including phenoxy) is 3. The Hall–Kier alpha value is -1.79. The molecule has 6 heteroatoms. The molecule has 0 bridgehead atoms. The van der Waals surface area contributed by atoms with E-state index in [1.165, 1.54) is 0 Å². The Bertz CT molecular complexity index is 534. The van der Waals surface area contributed by atoms with Gasteiger partial charge in [0.1, 0.15) is 6.10 Å². The molecule has 0 spiro atoms. The zero-order valence-electron chi connectivity index (χ0n) is 12.0. The lowest BCUT2D eigenvalue weighted by atomic mass is 10.1. The van der Waals surface area contributed by atoms with E-state index in [4.69, 9.17) is 19.9 Å². The van der Waals surface area contributed by atoms with Gasteiger partial charge in [0.05, 0.1) is 12.1 Å². The molecule has 114 valence electrons. The van der Waals surface area contributed by atoms with Crippen molar-refractivity contribution in [3.8, 4) is 11.5 Å². The fourth-order valence-corrected chi connectivity index (χ4v) is 2.64. The average Bonchev–Trinajstić information content (AvgIpc) is 3.15. The molecule has 0 radical (unpaired) electrons. The van der Waals surface area contributed by atoms with Gasteiger partial charge in [-0.25, -0.2) is 0 Å². The molecule has 1 aromatic rings. The van der Waals surface area contributed by atoms with Crippen molar-refractivity contribution < 1.29 is 19.0 Å². The van der Waals surface area contributed by atoms with Gasteiger partial charge in [-0.3, -0.25) is 4.79 Å². The lowest BCUT2D eigenvalue weighted by molar-refractivity contribution is -0.132. The van der Waals surface area contributed by atoms with E-state index in [1.54, 1.807) is 0 Å². The minimum absolute atomic E-state index is 0.00148. The van der Waals surface area contributed by atoms with Gasteiger partial charge in [-0.15, -0.1) is 0 Å². The first-order chi connectivity index (χ1) is 10.2. The quantitative estimate of drug-likeness (QED) is 0.868. The van der Waals surface area contributed by atoms with Gasteiger partial charge in [-0.05, 0) is 37.5 Å². The van der Waals surface area contributed by atoms with Gasteiger partial charge in [0.2, 0.25) is 12.7 Å². The first-order valence-electron chi connectivity index (χ1n) is 7.23. The molecule has 1 unspecified atom stereocenters. The van der Waals surface area contributed by atoms with Crippen molar-refractivity contribution in [1.29, 1.82) is 0 Å². The number of amides is 1. The van der Waals surface area contributed by atoms with Crippen LogP contribution >= 0.6 is 0 Å². The van der Waals surface area contributed by atoms with E-state index in [1.807, 2.05) is 25.1 Å². The molecular formula is C15H20N2O4. The molecule has 2 aliphatic heterocycles. The number of hydrogen-bond acceptors (Lipinski definition) is 5. The second-order valence-corrected chi connectivity index (χ2v) is 5.40. The van der Waals surface area contributed by atoms with Gasteiger partial charge < -0.3 is 25.3 Å². The van der Waals surface area contributed by atoms with Crippen molar-refractivity contribution in [2.75, 3.05) is 13.3 Å². The SMILES string of the molecule is CC(NC(=O)[C@@H]1CC[C@H](CN)O1)c1ccc2c(c1)OCO2. The zero-order valence-corrected chi connectivity index (χ0v) is 12.0. The van der Waals surface area contributed by atoms with Crippen LogP contribution in [0, 0.1) is 0 Å². The summed E-state index contributed by atoms with van der Waals surface area (Å²) in [6.45, 7) is 2.64. The van der Waals surface area contributed by atoms with Gasteiger partial charge in [-0.2, -0.15) is 0 Å². The molecule has 1 aromatic carbocycles. The predicted molar refractivity (Wildman–Crippen MR) is 76.1 cm³/mol. The van der Waals surface area contributed by atoms with Crippen LogP contribution in [0.3, 0.4) is 0 Å². The Labute approximate surface area is 123 Å². The minimum Gasteiger partial charge on any atom is -0.454 e. The summed E-state index contributed by atoms with van der Waals surface area (Å²) in [5, 5.41) is 2.97. The van der Waals surface area contributed by atoms with Gasteiger partial charge in [-0.1, -0.05) is 6.07 Å². The third-order valence-corrected chi connectivity index (χ3v) is 3.92. The van der Waals surface area contributed by atoms with Crippen LogP contribution < -0.4 is 20.5 Å². The normalized spacial score (nSPS) is 24.9. The molecule has 21 heavy (non-hydrogen) atoms. The van der Waals surface area contributed by atoms with Gasteiger partial charge in [0, 0.05) is 6.54 Å². The van der Waals surface area contributed by atoms with Crippen molar-refractivity contribution >= 4 is 5.91 Å². The van der Waals surface area contributed by atoms with E-state index in [0.717, 1.165) is 24.2 Å². The molecule has 2 heterocycles. The second kappa shape index (κ2) is 5.91. The number of nitrogens with one attached hydrogen (secondary N) is 1. The minimum atomic E-state index is -0.394. The molecule has 0 aromatic heterocycles. The van der Waals surface area contributed by atoms with E-state index in [2.05, 4.69) is 5.32 Å². The van der Waals surface area contributed by atoms with Crippen LogP contribution in [0.5, 0.6) is 11.5 Å². The number of nitrogens with two attached hydrogens (primary N) is 1. The Kier molecular flexibility index (Phi) is 3.98. The fourth-order valence-electron chi connectivity index (χ4n) is 2.64. The van der Waals surface area contributed by atoms with Gasteiger partial charge in [0.25, 0.3) is 0 Å². The summed E-state index contributed by atoms with van der Waals surface area (Å²) in [7, 11) is 0. The van der Waals surface area contributed by atoms with Crippen molar-refractivity contribution in [3.63, 3.8) is 0 Å². The summed E-state index contributed by atoms with van der Waals surface area (Å²) >= 11 is 0. The highest BCUT2D eigenvalue weighted by Crippen LogP contribution is 2.34. The van der Waals surface area contributed by atoms with E-state index >= 15 is 0 Å². The molecule has 0 saturated carbocycles. The van der Waals surface area contributed by atoms with Crippen LogP contribution in [-0.2, 0) is 9.53 Å². The van der Waals surface area contributed by atoms with Crippen LogP contribution in [0.15, 0.2) is 18.2 Å². The van der Waals surface area contributed by atoms with Crippen LogP contribution in [0.4, 0.5) is 0 Å². The molecule has 1 amide bonds. The van der Waals surface area contributed by atoms with Crippen molar-refractivity contribution in [2.24, 2.45) is 5.73 Å². The molecule has 0 aliphatic carbocycles. The summed E-state index contributed by atoms with van der Waals surface area (Å²) in [5.74, 6) is 1.37. The molecule has 1 fully saturated rings. The Balaban J connectivity index is 1.61. The van der Waals surface area contributed by atoms with E-state index in [9.17, 15) is 4.79 Å². The summed E-state index contributed by atoms with van der Waals surface area (Å²) in [4.78, 5) is 12.2. The fraction of sp³-hybridized carbons (Fsp3) is 0.533. The van der Waals surface area contributed by atoms with Gasteiger partial charge in [0.15, 0.2) is 11.5 Å². The lowest BCUT2D eigenvalue weighted by Gasteiger charge is -2.18. The number of carbonyl (C=O) groups excluding carboxylic acids is 1. The van der Waals surface area contributed by atoms with Crippen LogP contribution in [0.2, 0.25) is 0 Å². The molecule has 3 N–H and O–H groups in total. The molecule has 3 atom stereocenters. The number of carbonyl (C=O) groups is 1. The van der Waals surface area contributed by atoms with Crippen LogP contribution in [-0.4, -0.2) is 31.5 Å². The first-order valence-corrected chi connectivity index (χ1v) is 7.23. The van der Waals surface area contributed by atoms with Crippen LogP contribution in [0.1, 0.15) is 31.4 Å². The molecule has 6 nitrogen and oxygen atoms in total. The number of fused-ring (bicyclic) bond motifs is 1. The first kappa shape index (κ1) is 14.2. The van der Waals surface area contributed by atoms with Crippen molar-refractivity contribution in [1.82, 2.24) is 5.32 Å². The molecule has 3 rings (SSSR count). The van der Waals surface area contributed by atoms with Crippen LogP contribution in [0.25, 0.3) is 0 Å². The molecule has 1 saturated heterocycles. The standard InChI is InChI=1S/C15H20N2O4/c1-9(10-2-4-12-14(6-10)20-8-19-12)17-15(18)13-5-3-11(7-16)21-13/h2,4,6,9,11,13H,3,5,7-8,16H2,1H3,(H,17,18)/t9?,11-,13+/m1/s1. The van der Waals surface area contributed by atoms with Crippen molar-refractivity contribution in [2.45, 2.75) is 38.0 Å². The summed E-state index contributed by atoms with van der Waals surface area (Å²) in [5.41, 5.74) is 6.53. The number of rotatable bonds is 4. The third-order valence-electron chi connectivity index (χ3n) is 3.92. The maximum atomic E-state index is 12.2. The van der Waals surface area contributed by atoms with E-state index in [-0.39, 0.29) is 24.8 Å². The topological polar surface area (TPSA) is 82.8 Å². The predicted octanol–water partition coefficient (Wildman–Crippen LogP) is 1.10. The Morgan fingerprint density at radius 1 is 1.38 bits per heavy atom. The van der Waals surface area contributed by atoms with Gasteiger partial charge >= 0.3 is 0 Å². The third kappa shape index (κ3) is 2.96. The van der Waals surface area contributed by atoms with Crippen molar-refractivity contribution in [3.05, 3.63) is 23.8 Å². The summed E-state index contributed by atoms with van der Waals surface area (Å²) < 4.78 is 16.2. The average molecular weight is 292 g/mol. The monoisotopic (exact) mass is 292 g/mol. The molecular weight excluding hydrogens is 272 g/mol. The lowest BCUT2D eigenvalue weighted by Crippen LogP contribution is -2.36. The number of hydrogen-bond donors (Lipinski definition) is 2. The summed E-state index contributed by atoms with van der Waals surface area (Å²) in [6, 6.07) is 5.56.